The van der Waals surface area contributed by atoms with Crippen LogP contribution in [0.1, 0.15) is 31.2 Å². The predicted molar refractivity (Wildman–Crippen MR) is 101 cm³/mol. The van der Waals surface area contributed by atoms with E-state index in [1.807, 2.05) is 6.07 Å². The Kier molecular flexibility index (Phi) is 4.86. The van der Waals surface area contributed by atoms with Crippen LogP contribution in [0.4, 0.5) is 5.69 Å². The van der Waals surface area contributed by atoms with E-state index in [9.17, 15) is 8.42 Å². The summed E-state index contributed by atoms with van der Waals surface area (Å²) in [7, 11) is -0.390. The molecule has 2 N–H and O–H groups in total. The first-order valence-electron chi connectivity index (χ1n) is 8.38. The zero-order valence-electron chi connectivity index (χ0n) is 14.4. The number of sulfonamides is 1. The van der Waals surface area contributed by atoms with Crippen molar-refractivity contribution in [2.75, 3.05) is 19.4 Å². The van der Waals surface area contributed by atoms with Gasteiger partial charge in [-0.05, 0) is 67.9 Å². The molecular weight excluding hydrogens is 342 g/mol. The van der Waals surface area contributed by atoms with Crippen LogP contribution >= 0.6 is 12.2 Å². The molecule has 132 valence electrons. The minimum Gasteiger partial charge on any atom is -0.359 e. The number of hydrogen-bond donors (Lipinski definition) is 2. The molecule has 5 nitrogen and oxygen atoms in total. The Labute approximate surface area is 149 Å². The molecule has 0 amide bonds. The Morgan fingerprint density at radius 2 is 2.00 bits per heavy atom. The van der Waals surface area contributed by atoms with Crippen molar-refractivity contribution in [3.05, 3.63) is 23.8 Å². The summed E-state index contributed by atoms with van der Waals surface area (Å²) in [6, 6.07) is 5.77. The zero-order chi connectivity index (χ0) is 17.5. The maximum absolute atomic E-state index is 12.4. The lowest BCUT2D eigenvalue weighted by Crippen LogP contribution is -2.40. The van der Waals surface area contributed by atoms with Gasteiger partial charge in [0, 0.05) is 25.8 Å². The van der Waals surface area contributed by atoms with Crippen LogP contribution in [-0.4, -0.2) is 38.0 Å². The first kappa shape index (κ1) is 17.6. The Hall–Kier alpha value is -1.18. The lowest BCUT2D eigenvalue weighted by Gasteiger charge is -2.24. The van der Waals surface area contributed by atoms with Crippen LogP contribution in [0.15, 0.2) is 23.1 Å². The molecular formula is C17H25N3O2S2. The fourth-order valence-corrected chi connectivity index (χ4v) is 5.32. The van der Waals surface area contributed by atoms with Gasteiger partial charge in [-0.25, -0.2) is 12.7 Å². The van der Waals surface area contributed by atoms with Gasteiger partial charge in [0.25, 0.3) is 0 Å². The number of benzene rings is 1. The molecule has 3 rings (SSSR count). The number of rotatable bonds is 4. The third-order valence-electron chi connectivity index (χ3n) is 5.26. The van der Waals surface area contributed by atoms with E-state index in [2.05, 4.69) is 10.6 Å². The maximum Gasteiger partial charge on any atom is 0.242 e. The standard InChI is InChI=1S/C17H25N3O2S2/c1-11-4-7-14(10-16(11)24(21,22)20(2)3)18-17(23)19-15-9-12-5-6-13(15)8-12/h4,7,10,12-13,15H,5-6,8-9H2,1-3H3,(H2,18,19,23)/t12-,13-,15+/m0/s1. The largest absolute Gasteiger partial charge is 0.359 e. The zero-order valence-corrected chi connectivity index (χ0v) is 16.0. The van der Waals surface area contributed by atoms with E-state index in [1.54, 1.807) is 19.1 Å². The van der Waals surface area contributed by atoms with Crippen molar-refractivity contribution in [1.82, 2.24) is 9.62 Å². The summed E-state index contributed by atoms with van der Waals surface area (Å²) >= 11 is 5.43. The smallest absolute Gasteiger partial charge is 0.242 e. The van der Waals surface area contributed by atoms with E-state index < -0.39 is 10.0 Å². The first-order valence-corrected chi connectivity index (χ1v) is 10.2. The topological polar surface area (TPSA) is 61.4 Å². The average molecular weight is 368 g/mol. The van der Waals surface area contributed by atoms with Gasteiger partial charge in [-0.2, -0.15) is 0 Å². The third-order valence-corrected chi connectivity index (χ3v) is 7.44. The third kappa shape index (κ3) is 3.43. The highest BCUT2D eigenvalue weighted by molar-refractivity contribution is 7.89. The molecule has 2 saturated carbocycles. The molecule has 0 aliphatic heterocycles. The van der Waals surface area contributed by atoms with Crippen molar-refractivity contribution in [1.29, 1.82) is 0 Å². The highest BCUT2D eigenvalue weighted by Crippen LogP contribution is 2.44. The van der Waals surface area contributed by atoms with Crippen LogP contribution in [0, 0.1) is 18.8 Å². The number of aryl methyl sites for hydroxylation is 1. The molecule has 0 aromatic heterocycles. The average Bonchev–Trinajstić information content (AvgIpc) is 3.11. The molecule has 2 fully saturated rings. The lowest BCUT2D eigenvalue weighted by atomic mass is 9.96. The number of thiocarbonyl (C=S) groups is 1. The molecule has 7 heteroatoms. The highest BCUT2D eigenvalue weighted by atomic mass is 32.2. The van der Waals surface area contributed by atoms with Crippen molar-refractivity contribution < 1.29 is 8.42 Å². The minimum atomic E-state index is -3.47. The van der Waals surface area contributed by atoms with E-state index in [1.165, 1.54) is 44.1 Å². The van der Waals surface area contributed by atoms with E-state index in [4.69, 9.17) is 12.2 Å². The number of nitrogens with zero attached hydrogens (tertiary/aromatic N) is 1. The second-order valence-corrected chi connectivity index (χ2v) is 9.68. The van der Waals surface area contributed by atoms with Crippen LogP contribution in [0.3, 0.4) is 0 Å². The van der Waals surface area contributed by atoms with Gasteiger partial charge < -0.3 is 10.6 Å². The first-order chi connectivity index (χ1) is 11.3. The SMILES string of the molecule is Cc1ccc(NC(=S)N[C@@H]2C[C@H]3CC[C@H]2C3)cc1S(=O)(=O)N(C)C. The van der Waals surface area contributed by atoms with Crippen molar-refractivity contribution in [2.24, 2.45) is 11.8 Å². The summed E-state index contributed by atoms with van der Waals surface area (Å²) in [6.45, 7) is 1.80. The minimum absolute atomic E-state index is 0.306. The summed E-state index contributed by atoms with van der Waals surface area (Å²) < 4.78 is 26.0. The van der Waals surface area contributed by atoms with E-state index >= 15 is 0 Å². The molecule has 0 unspecified atom stereocenters. The second kappa shape index (κ2) is 6.61. The van der Waals surface area contributed by atoms with Crippen LogP contribution in [-0.2, 0) is 10.0 Å². The van der Waals surface area contributed by atoms with Gasteiger partial charge in [0.2, 0.25) is 10.0 Å². The number of hydrogen-bond acceptors (Lipinski definition) is 3. The quantitative estimate of drug-likeness (QED) is 0.801. The van der Waals surface area contributed by atoms with E-state index in [0.717, 1.165) is 17.4 Å². The predicted octanol–water partition coefficient (Wildman–Crippen LogP) is 2.72. The normalized spacial score (nSPS) is 25.9. The highest BCUT2D eigenvalue weighted by Gasteiger charge is 2.39. The number of fused-ring (bicyclic) bond motifs is 2. The van der Waals surface area contributed by atoms with Gasteiger partial charge in [-0.1, -0.05) is 12.5 Å². The van der Waals surface area contributed by atoms with E-state index in [-0.39, 0.29) is 0 Å². The molecule has 0 saturated heterocycles. The maximum atomic E-state index is 12.4. The Bertz CT molecular complexity index is 746. The van der Waals surface area contributed by atoms with Crippen LogP contribution < -0.4 is 10.6 Å². The van der Waals surface area contributed by atoms with Gasteiger partial charge >= 0.3 is 0 Å². The van der Waals surface area contributed by atoms with Crippen molar-refractivity contribution >= 4 is 33.0 Å². The Morgan fingerprint density at radius 3 is 2.58 bits per heavy atom. The monoisotopic (exact) mass is 367 g/mol. The number of nitrogens with one attached hydrogen (secondary N) is 2. The second-order valence-electron chi connectivity index (χ2n) is 7.15. The molecule has 1 aromatic rings. The fourth-order valence-electron chi connectivity index (χ4n) is 3.91. The molecule has 0 radical (unpaired) electrons. The van der Waals surface area contributed by atoms with Crippen molar-refractivity contribution in [3.63, 3.8) is 0 Å². The van der Waals surface area contributed by atoms with Crippen LogP contribution in [0.25, 0.3) is 0 Å². The van der Waals surface area contributed by atoms with Crippen molar-refractivity contribution in [2.45, 2.75) is 43.5 Å². The summed E-state index contributed by atoms with van der Waals surface area (Å²) in [4.78, 5) is 0.306. The summed E-state index contributed by atoms with van der Waals surface area (Å²) in [5.41, 5.74) is 1.42. The summed E-state index contributed by atoms with van der Waals surface area (Å²) in [5.74, 6) is 1.59. The van der Waals surface area contributed by atoms with Crippen LogP contribution in [0.5, 0.6) is 0 Å². The Morgan fingerprint density at radius 1 is 1.25 bits per heavy atom. The van der Waals surface area contributed by atoms with Gasteiger partial charge in [-0.15, -0.1) is 0 Å². The number of anilines is 1. The molecule has 3 atom stereocenters. The molecule has 0 heterocycles. The van der Waals surface area contributed by atoms with Gasteiger partial charge in [0.1, 0.15) is 0 Å². The van der Waals surface area contributed by atoms with Crippen molar-refractivity contribution in [3.8, 4) is 0 Å². The molecule has 24 heavy (non-hydrogen) atoms. The molecule has 0 spiro atoms. The fraction of sp³-hybridized carbons (Fsp3) is 0.588. The van der Waals surface area contributed by atoms with Crippen LogP contribution in [0.2, 0.25) is 0 Å². The molecule has 2 aliphatic carbocycles. The molecule has 1 aromatic carbocycles. The van der Waals surface area contributed by atoms with Gasteiger partial charge in [0.15, 0.2) is 5.11 Å². The summed E-state index contributed by atoms with van der Waals surface area (Å²) in [5, 5.41) is 7.13. The Balaban J connectivity index is 1.70. The van der Waals surface area contributed by atoms with E-state index in [0.29, 0.717) is 21.7 Å². The molecule has 2 aliphatic rings. The van der Waals surface area contributed by atoms with Gasteiger partial charge in [-0.3, -0.25) is 0 Å². The van der Waals surface area contributed by atoms with Gasteiger partial charge in [0.05, 0.1) is 4.90 Å². The molecule has 2 bridgehead atoms. The lowest BCUT2D eigenvalue weighted by molar-refractivity contribution is 0.392. The summed E-state index contributed by atoms with van der Waals surface area (Å²) in [6.07, 6.45) is 5.16.